The molecule has 128 valence electrons. The highest BCUT2D eigenvalue weighted by molar-refractivity contribution is 7.17. The van der Waals surface area contributed by atoms with E-state index in [0.717, 1.165) is 17.7 Å². The van der Waals surface area contributed by atoms with Gasteiger partial charge in [-0.2, -0.15) is 0 Å². The molecule has 0 spiro atoms. The Morgan fingerprint density at radius 3 is 2.68 bits per heavy atom. The minimum atomic E-state index is -0.327. The van der Waals surface area contributed by atoms with Crippen LogP contribution in [0.4, 0.5) is 20.9 Å². The summed E-state index contributed by atoms with van der Waals surface area (Å²) in [5.74, 6) is -0.525. The maximum Gasteiger partial charge on any atom is 0.267 e. The number of aryl methyl sites for hydroxylation is 2. The molecule has 0 aliphatic carbocycles. The number of halogens is 1. The van der Waals surface area contributed by atoms with Crippen LogP contribution in [0.1, 0.15) is 27.9 Å². The van der Waals surface area contributed by atoms with Gasteiger partial charge in [0.2, 0.25) is 0 Å². The minimum Gasteiger partial charge on any atom is -0.331 e. The van der Waals surface area contributed by atoms with Crippen molar-refractivity contribution >= 4 is 33.8 Å². The molecule has 0 bridgehead atoms. The van der Waals surface area contributed by atoms with Gasteiger partial charge in [-0.1, -0.05) is 36.5 Å². The molecule has 1 amide bonds. The summed E-state index contributed by atoms with van der Waals surface area (Å²) in [4.78, 5) is 17.4. The first kappa shape index (κ1) is 17.1. The van der Waals surface area contributed by atoms with Crippen molar-refractivity contribution in [3.05, 3.63) is 70.5 Å². The molecule has 0 saturated heterocycles. The van der Waals surface area contributed by atoms with Gasteiger partial charge >= 0.3 is 0 Å². The lowest BCUT2D eigenvalue weighted by Crippen LogP contribution is -2.11. The number of carbonyl (C=O) groups excluding carboxylic acids is 1. The number of aromatic nitrogens is 1. The molecule has 2 aromatic carbocycles. The predicted octanol–water partition coefficient (Wildman–Crippen LogP) is 5.15. The molecule has 0 radical (unpaired) electrons. The number of amides is 1. The smallest absolute Gasteiger partial charge is 0.267 e. The topological polar surface area (TPSA) is 54.0 Å². The number of nitrogens with one attached hydrogen (secondary N) is 2. The van der Waals surface area contributed by atoms with Gasteiger partial charge in [0, 0.05) is 11.4 Å². The number of hydrogen-bond acceptors (Lipinski definition) is 4. The Kier molecular flexibility index (Phi) is 5.09. The standard InChI is InChI=1S/C19H18FN3OS/c1-3-13-6-4-8-15(10-13)22-18(24)17-12(2)21-19(25-17)23-16-9-5-7-14(20)11-16/h4-11H,3H2,1-2H3,(H,21,23)(H,22,24). The third kappa shape index (κ3) is 4.22. The molecule has 2 N–H and O–H groups in total. The molecule has 0 fully saturated rings. The summed E-state index contributed by atoms with van der Waals surface area (Å²) in [6.45, 7) is 3.85. The van der Waals surface area contributed by atoms with Crippen molar-refractivity contribution in [3.63, 3.8) is 0 Å². The highest BCUT2D eigenvalue weighted by Gasteiger charge is 2.16. The SMILES string of the molecule is CCc1cccc(NC(=O)c2sc(Nc3cccc(F)c3)nc2C)c1. The molecule has 25 heavy (non-hydrogen) atoms. The van der Waals surface area contributed by atoms with Gasteiger partial charge in [-0.3, -0.25) is 4.79 Å². The molecule has 0 aliphatic rings. The Morgan fingerprint density at radius 1 is 1.16 bits per heavy atom. The molecule has 1 heterocycles. The van der Waals surface area contributed by atoms with Crippen LogP contribution in [-0.4, -0.2) is 10.9 Å². The zero-order valence-corrected chi connectivity index (χ0v) is 14.8. The first-order valence-electron chi connectivity index (χ1n) is 7.95. The lowest BCUT2D eigenvalue weighted by Gasteiger charge is -2.05. The summed E-state index contributed by atoms with van der Waals surface area (Å²) < 4.78 is 13.3. The highest BCUT2D eigenvalue weighted by Crippen LogP contribution is 2.27. The van der Waals surface area contributed by atoms with E-state index in [1.807, 2.05) is 24.3 Å². The van der Waals surface area contributed by atoms with Crippen LogP contribution in [-0.2, 0) is 6.42 Å². The van der Waals surface area contributed by atoms with E-state index in [1.54, 1.807) is 19.1 Å². The lowest BCUT2D eigenvalue weighted by atomic mass is 10.1. The molecule has 0 atom stereocenters. The fourth-order valence-corrected chi connectivity index (χ4v) is 3.29. The zero-order chi connectivity index (χ0) is 17.8. The first-order chi connectivity index (χ1) is 12.0. The summed E-state index contributed by atoms with van der Waals surface area (Å²) >= 11 is 1.24. The lowest BCUT2D eigenvalue weighted by molar-refractivity contribution is 0.103. The van der Waals surface area contributed by atoms with E-state index in [1.165, 1.54) is 23.5 Å². The monoisotopic (exact) mass is 355 g/mol. The number of benzene rings is 2. The van der Waals surface area contributed by atoms with Crippen LogP contribution in [0, 0.1) is 12.7 Å². The summed E-state index contributed by atoms with van der Waals surface area (Å²) in [7, 11) is 0. The van der Waals surface area contributed by atoms with Crippen LogP contribution in [0.3, 0.4) is 0 Å². The van der Waals surface area contributed by atoms with Gasteiger partial charge in [0.15, 0.2) is 5.13 Å². The number of anilines is 3. The number of thiazole rings is 1. The second kappa shape index (κ2) is 7.44. The molecular formula is C19H18FN3OS. The maximum absolute atomic E-state index is 13.3. The third-order valence-corrected chi connectivity index (χ3v) is 4.74. The van der Waals surface area contributed by atoms with Crippen LogP contribution < -0.4 is 10.6 Å². The van der Waals surface area contributed by atoms with Crippen molar-refractivity contribution < 1.29 is 9.18 Å². The molecule has 3 aromatic rings. The van der Waals surface area contributed by atoms with Gasteiger partial charge in [-0.15, -0.1) is 0 Å². The Morgan fingerprint density at radius 2 is 1.92 bits per heavy atom. The van der Waals surface area contributed by atoms with Gasteiger partial charge in [0.1, 0.15) is 10.7 Å². The van der Waals surface area contributed by atoms with Crippen LogP contribution in [0.5, 0.6) is 0 Å². The summed E-state index contributed by atoms with van der Waals surface area (Å²) in [5, 5.41) is 6.49. The summed E-state index contributed by atoms with van der Waals surface area (Å²) in [6, 6.07) is 13.9. The van der Waals surface area contributed by atoms with E-state index in [0.29, 0.717) is 21.4 Å². The van der Waals surface area contributed by atoms with Crippen molar-refractivity contribution in [2.45, 2.75) is 20.3 Å². The van der Waals surface area contributed by atoms with Gasteiger partial charge < -0.3 is 10.6 Å². The van der Waals surface area contributed by atoms with Crippen LogP contribution in [0.2, 0.25) is 0 Å². The van der Waals surface area contributed by atoms with Crippen LogP contribution >= 0.6 is 11.3 Å². The number of nitrogens with zero attached hydrogens (tertiary/aromatic N) is 1. The molecule has 3 rings (SSSR count). The third-order valence-electron chi connectivity index (χ3n) is 3.67. The fourth-order valence-electron chi connectivity index (χ4n) is 2.41. The van der Waals surface area contributed by atoms with E-state index in [-0.39, 0.29) is 11.7 Å². The van der Waals surface area contributed by atoms with Crippen LogP contribution in [0.25, 0.3) is 0 Å². The number of carbonyl (C=O) groups is 1. The van der Waals surface area contributed by atoms with Crippen molar-refractivity contribution in [2.24, 2.45) is 0 Å². The van der Waals surface area contributed by atoms with E-state index in [2.05, 4.69) is 22.5 Å². The summed E-state index contributed by atoms with van der Waals surface area (Å²) in [6.07, 6.45) is 0.908. The molecule has 4 nitrogen and oxygen atoms in total. The first-order valence-corrected chi connectivity index (χ1v) is 8.77. The van der Waals surface area contributed by atoms with E-state index in [9.17, 15) is 9.18 Å². The molecular weight excluding hydrogens is 337 g/mol. The Labute approximate surface area is 149 Å². The Bertz CT molecular complexity index is 907. The van der Waals surface area contributed by atoms with Crippen molar-refractivity contribution in [1.29, 1.82) is 0 Å². The summed E-state index contributed by atoms with van der Waals surface area (Å²) in [5.41, 5.74) is 3.15. The zero-order valence-electron chi connectivity index (χ0n) is 14.0. The van der Waals surface area contributed by atoms with Crippen molar-refractivity contribution in [2.75, 3.05) is 10.6 Å². The van der Waals surface area contributed by atoms with Crippen molar-refractivity contribution in [1.82, 2.24) is 4.98 Å². The molecule has 6 heteroatoms. The number of hydrogen-bond donors (Lipinski definition) is 2. The maximum atomic E-state index is 13.3. The van der Waals surface area contributed by atoms with Gasteiger partial charge in [-0.05, 0) is 49.2 Å². The van der Waals surface area contributed by atoms with E-state index < -0.39 is 0 Å². The predicted molar refractivity (Wildman–Crippen MR) is 100 cm³/mol. The molecule has 0 saturated carbocycles. The minimum absolute atomic E-state index is 0.199. The molecule has 1 aromatic heterocycles. The second-order valence-electron chi connectivity index (χ2n) is 5.58. The second-order valence-corrected chi connectivity index (χ2v) is 6.58. The highest BCUT2D eigenvalue weighted by atomic mass is 32.1. The molecule has 0 aliphatic heterocycles. The normalized spacial score (nSPS) is 10.5. The average Bonchev–Trinajstić information content (AvgIpc) is 2.95. The quantitative estimate of drug-likeness (QED) is 0.665. The Balaban J connectivity index is 1.76. The van der Waals surface area contributed by atoms with Gasteiger partial charge in [0.25, 0.3) is 5.91 Å². The molecule has 0 unspecified atom stereocenters. The van der Waals surface area contributed by atoms with E-state index >= 15 is 0 Å². The average molecular weight is 355 g/mol. The van der Waals surface area contributed by atoms with Gasteiger partial charge in [0.05, 0.1) is 5.69 Å². The van der Waals surface area contributed by atoms with E-state index in [4.69, 9.17) is 0 Å². The fraction of sp³-hybridized carbons (Fsp3) is 0.158. The van der Waals surface area contributed by atoms with Crippen LogP contribution in [0.15, 0.2) is 48.5 Å². The van der Waals surface area contributed by atoms with Gasteiger partial charge in [-0.25, -0.2) is 9.37 Å². The largest absolute Gasteiger partial charge is 0.331 e. The number of rotatable bonds is 5. The van der Waals surface area contributed by atoms with Crippen molar-refractivity contribution in [3.8, 4) is 0 Å². The Hall–Kier alpha value is -2.73.